The number of rotatable bonds is 3. The Bertz CT molecular complexity index is 816. The van der Waals surface area contributed by atoms with Crippen LogP contribution in [-0.2, 0) is 4.74 Å². The molecule has 108 valence electrons. The summed E-state index contributed by atoms with van der Waals surface area (Å²) in [6, 6.07) is 9.72. The highest BCUT2D eigenvalue weighted by Crippen LogP contribution is 2.36. The second-order valence-electron chi connectivity index (χ2n) is 4.77. The van der Waals surface area contributed by atoms with E-state index >= 15 is 0 Å². The molecule has 0 radical (unpaired) electrons. The van der Waals surface area contributed by atoms with Crippen molar-refractivity contribution in [2.24, 2.45) is 0 Å². The molecule has 2 aromatic heterocycles. The van der Waals surface area contributed by atoms with Crippen LogP contribution in [0.15, 0.2) is 34.7 Å². The summed E-state index contributed by atoms with van der Waals surface area (Å²) < 4.78 is 10.8. The van der Waals surface area contributed by atoms with Gasteiger partial charge in [0.1, 0.15) is 16.2 Å². The number of nitrogen functional groups attached to an aromatic ring is 1. The number of hydrogen-bond acceptors (Lipinski definition) is 5. The largest absolute Gasteiger partial charge is 0.462 e. The van der Waals surface area contributed by atoms with Gasteiger partial charge in [-0.15, -0.1) is 11.3 Å². The lowest BCUT2D eigenvalue weighted by molar-refractivity contribution is 0.0533. The summed E-state index contributed by atoms with van der Waals surface area (Å²) in [5.74, 6) is 0.320. The summed E-state index contributed by atoms with van der Waals surface area (Å²) >= 11 is 1.29. The van der Waals surface area contributed by atoms with Gasteiger partial charge in [-0.25, -0.2) is 4.79 Å². The number of thiophene rings is 1. The van der Waals surface area contributed by atoms with E-state index in [9.17, 15) is 4.79 Å². The van der Waals surface area contributed by atoms with Crippen LogP contribution in [0, 0.1) is 6.92 Å². The van der Waals surface area contributed by atoms with Gasteiger partial charge in [0.15, 0.2) is 0 Å². The third-order valence-corrected chi connectivity index (χ3v) is 4.28. The molecule has 5 heteroatoms. The first-order valence-corrected chi connectivity index (χ1v) is 7.47. The van der Waals surface area contributed by atoms with E-state index in [1.54, 1.807) is 13.0 Å². The lowest BCUT2D eigenvalue weighted by atomic mass is 10.2. The molecule has 1 aromatic carbocycles. The highest BCUT2D eigenvalue weighted by atomic mass is 32.1. The molecule has 21 heavy (non-hydrogen) atoms. The lowest BCUT2D eigenvalue weighted by Crippen LogP contribution is -2.04. The standard InChI is InChI=1S/C16H15NO3S/c1-3-19-16(18)15-11(17)8-14(21-15)13-7-10-6-9(2)4-5-12(10)20-13/h4-8H,3,17H2,1-2H3. The van der Waals surface area contributed by atoms with Crippen LogP contribution < -0.4 is 5.73 Å². The fourth-order valence-electron chi connectivity index (χ4n) is 2.17. The highest BCUT2D eigenvalue weighted by Gasteiger charge is 2.18. The molecular weight excluding hydrogens is 286 g/mol. The highest BCUT2D eigenvalue weighted by molar-refractivity contribution is 7.17. The summed E-state index contributed by atoms with van der Waals surface area (Å²) in [5, 5.41) is 1.04. The van der Waals surface area contributed by atoms with Crippen molar-refractivity contribution in [1.82, 2.24) is 0 Å². The average molecular weight is 301 g/mol. The Hall–Kier alpha value is -2.27. The third-order valence-electron chi connectivity index (χ3n) is 3.14. The van der Waals surface area contributed by atoms with Gasteiger partial charge in [0, 0.05) is 5.39 Å². The molecule has 0 atom stereocenters. The van der Waals surface area contributed by atoms with Gasteiger partial charge in [0.2, 0.25) is 0 Å². The average Bonchev–Trinajstić information content (AvgIpc) is 3.01. The molecular formula is C16H15NO3S. The zero-order valence-electron chi connectivity index (χ0n) is 11.8. The normalized spacial score (nSPS) is 11.0. The lowest BCUT2D eigenvalue weighted by Gasteiger charge is -1.98. The zero-order valence-corrected chi connectivity index (χ0v) is 12.6. The van der Waals surface area contributed by atoms with E-state index in [4.69, 9.17) is 14.9 Å². The number of carbonyl (C=O) groups excluding carboxylic acids is 1. The van der Waals surface area contributed by atoms with Gasteiger partial charge in [0.05, 0.1) is 17.2 Å². The van der Waals surface area contributed by atoms with E-state index in [-0.39, 0.29) is 0 Å². The summed E-state index contributed by atoms with van der Waals surface area (Å²) in [6.07, 6.45) is 0. The number of hydrogen-bond donors (Lipinski definition) is 1. The Morgan fingerprint density at radius 2 is 2.14 bits per heavy atom. The molecule has 2 heterocycles. The van der Waals surface area contributed by atoms with E-state index in [1.165, 1.54) is 16.9 Å². The first-order valence-electron chi connectivity index (χ1n) is 6.65. The first kappa shape index (κ1) is 13.7. The molecule has 0 fully saturated rings. The molecule has 0 aliphatic heterocycles. The summed E-state index contributed by atoms with van der Waals surface area (Å²) in [6.45, 7) is 4.13. The predicted octanol–water partition coefficient (Wildman–Crippen LogP) is 4.23. The van der Waals surface area contributed by atoms with Crippen molar-refractivity contribution in [2.75, 3.05) is 12.3 Å². The van der Waals surface area contributed by atoms with Crippen LogP contribution in [0.2, 0.25) is 0 Å². The molecule has 0 unspecified atom stereocenters. The number of esters is 1. The molecule has 3 rings (SSSR count). The maximum atomic E-state index is 11.8. The van der Waals surface area contributed by atoms with Crippen molar-refractivity contribution < 1.29 is 13.9 Å². The summed E-state index contributed by atoms with van der Waals surface area (Å²) in [4.78, 5) is 13.0. The molecule has 0 bridgehead atoms. The van der Waals surface area contributed by atoms with Crippen molar-refractivity contribution in [3.63, 3.8) is 0 Å². The Kier molecular flexibility index (Phi) is 3.43. The minimum Gasteiger partial charge on any atom is -0.462 e. The van der Waals surface area contributed by atoms with E-state index < -0.39 is 5.97 Å². The van der Waals surface area contributed by atoms with Crippen LogP contribution in [0.3, 0.4) is 0 Å². The summed E-state index contributed by atoms with van der Waals surface area (Å²) in [7, 11) is 0. The predicted molar refractivity (Wildman–Crippen MR) is 84.6 cm³/mol. The number of carbonyl (C=O) groups is 1. The van der Waals surface area contributed by atoms with Gasteiger partial charge in [-0.3, -0.25) is 0 Å². The SMILES string of the molecule is CCOC(=O)c1sc(-c2cc3cc(C)ccc3o2)cc1N. The molecule has 2 N–H and O–H groups in total. The maximum Gasteiger partial charge on any atom is 0.350 e. The van der Waals surface area contributed by atoms with Gasteiger partial charge in [-0.2, -0.15) is 0 Å². The number of ether oxygens (including phenoxy) is 1. The van der Waals surface area contributed by atoms with Crippen LogP contribution in [0.25, 0.3) is 21.6 Å². The van der Waals surface area contributed by atoms with Crippen LogP contribution in [-0.4, -0.2) is 12.6 Å². The minimum absolute atomic E-state index is 0.329. The second kappa shape index (κ2) is 5.26. The number of aryl methyl sites for hydroxylation is 1. The van der Waals surface area contributed by atoms with Crippen molar-refractivity contribution in [2.45, 2.75) is 13.8 Å². The van der Waals surface area contributed by atoms with E-state index in [1.807, 2.05) is 25.1 Å². The third kappa shape index (κ3) is 2.52. The van der Waals surface area contributed by atoms with Gasteiger partial charge < -0.3 is 14.9 Å². The molecule has 0 aliphatic carbocycles. The number of benzene rings is 1. The van der Waals surface area contributed by atoms with Gasteiger partial charge in [-0.05, 0) is 38.1 Å². The van der Waals surface area contributed by atoms with Gasteiger partial charge >= 0.3 is 5.97 Å². The quantitative estimate of drug-likeness (QED) is 0.735. The van der Waals surface area contributed by atoms with Crippen LogP contribution in [0.4, 0.5) is 5.69 Å². The topological polar surface area (TPSA) is 65.5 Å². The fraction of sp³-hybridized carbons (Fsp3) is 0.188. The number of nitrogens with two attached hydrogens (primary N) is 1. The van der Waals surface area contributed by atoms with E-state index in [0.717, 1.165) is 15.8 Å². The minimum atomic E-state index is -0.391. The maximum absolute atomic E-state index is 11.8. The molecule has 0 aliphatic rings. The molecule has 3 aromatic rings. The van der Waals surface area contributed by atoms with E-state index in [2.05, 4.69) is 6.07 Å². The van der Waals surface area contributed by atoms with Gasteiger partial charge in [-0.1, -0.05) is 11.6 Å². The molecule has 0 saturated heterocycles. The van der Waals surface area contributed by atoms with Crippen molar-refractivity contribution in [3.05, 3.63) is 40.8 Å². The van der Waals surface area contributed by atoms with Crippen LogP contribution in [0.5, 0.6) is 0 Å². The number of furan rings is 1. The smallest absolute Gasteiger partial charge is 0.350 e. The monoisotopic (exact) mass is 301 g/mol. The Morgan fingerprint density at radius 3 is 2.90 bits per heavy atom. The summed E-state index contributed by atoms with van der Waals surface area (Å²) in [5.41, 5.74) is 8.31. The molecule has 4 nitrogen and oxygen atoms in total. The Balaban J connectivity index is 2.02. The Labute approximate surface area is 126 Å². The van der Waals surface area contributed by atoms with Crippen LogP contribution >= 0.6 is 11.3 Å². The number of anilines is 1. The Morgan fingerprint density at radius 1 is 1.33 bits per heavy atom. The van der Waals surface area contributed by atoms with Crippen molar-refractivity contribution in [3.8, 4) is 10.6 Å². The van der Waals surface area contributed by atoms with Crippen molar-refractivity contribution >= 4 is 34.0 Å². The molecule has 0 spiro atoms. The molecule has 0 amide bonds. The first-order chi connectivity index (χ1) is 10.1. The van der Waals surface area contributed by atoms with Crippen molar-refractivity contribution in [1.29, 1.82) is 0 Å². The number of fused-ring (bicyclic) bond motifs is 1. The molecule has 0 saturated carbocycles. The van der Waals surface area contributed by atoms with E-state index in [0.29, 0.717) is 22.9 Å². The zero-order chi connectivity index (χ0) is 15.0. The fourth-order valence-corrected chi connectivity index (χ4v) is 3.09. The van der Waals surface area contributed by atoms with Gasteiger partial charge in [0.25, 0.3) is 0 Å². The second-order valence-corrected chi connectivity index (χ2v) is 5.82. The van der Waals surface area contributed by atoms with Crippen LogP contribution in [0.1, 0.15) is 22.2 Å².